The van der Waals surface area contributed by atoms with Gasteiger partial charge in [-0.25, -0.2) is 0 Å². The number of hydrogen-bond donors (Lipinski definition) is 1. The van der Waals surface area contributed by atoms with Crippen LogP contribution in [-0.4, -0.2) is 18.6 Å². The minimum Gasteiger partial charge on any atom is -0.356 e. The van der Waals surface area contributed by atoms with E-state index in [1.807, 2.05) is 0 Å². The molecule has 1 amide bonds. The molecule has 0 aromatic rings. The lowest BCUT2D eigenvalue weighted by molar-refractivity contribution is -0.137. The van der Waals surface area contributed by atoms with Crippen LogP contribution in [0.15, 0.2) is 0 Å². The molecule has 1 fully saturated rings. The van der Waals surface area contributed by atoms with Gasteiger partial charge >= 0.3 is 6.18 Å². The molecule has 1 aliphatic rings. The monoisotopic (exact) mass is 209 g/mol. The Morgan fingerprint density at radius 2 is 2.14 bits per heavy atom. The molecule has 5 heteroatoms. The van der Waals surface area contributed by atoms with Crippen molar-refractivity contribution in [3.05, 3.63) is 0 Å². The maximum absolute atomic E-state index is 11.9. The summed E-state index contributed by atoms with van der Waals surface area (Å²) >= 11 is 0. The van der Waals surface area contributed by atoms with Crippen molar-refractivity contribution in [1.82, 2.24) is 5.32 Å². The summed E-state index contributed by atoms with van der Waals surface area (Å²) in [6.07, 6.45) is -2.82. The molecular formula is C9H14F3NO. The number of halogens is 3. The zero-order valence-electron chi connectivity index (χ0n) is 7.86. The zero-order chi connectivity index (χ0) is 10.6. The quantitative estimate of drug-likeness (QED) is 0.742. The first-order chi connectivity index (χ1) is 6.47. The summed E-state index contributed by atoms with van der Waals surface area (Å²) in [6.45, 7) is 0.398. The first kappa shape index (κ1) is 11.3. The molecule has 1 rings (SSSR count). The third-order valence-electron chi connectivity index (χ3n) is 2.44. The Labute approximate surface area is 80.9 Å². The third kappa shape index (κ3) is 4.48. The van der Waals surface area contributed by atoms with Crippen LogP contribution < -0.4 is 5.32 Å². The highest BCUT2D eigenvalue weighted by atomic mass is 19.4. The molecule has 0 bridgehead atoms. The van der Waals surface area contributed by atoms with Crippen molar-refractivity contribution in [1.29, 1.82) is 0 Å². The highest BCUT2D eigenvalue weighted by molar-refractivity contribution is 5.76. The van der Waals surface area contributed by atoms with Crippen LogP contribution in [-0.2, 0) is 4.79 Å². The van der Waals surface area contributed by atoms with Gasteiger partial charge in [0, 0.05) is 19.4 Å². The van der Waals surface area contributed by atoms with Crippen LogP contribution in [0.1, 0.15) is 32.1 Å². The SMILES string of the molecule is O=C1CCCC(CCC(F)(F)F)CN1. The third-order valence-corrected chi connectivity index (χ3v) is 2.44. The van der Waals surface area contributed by atoms with Gasteiger partial charge in [-0.05, 0) is 25.2 Å². The van der Waals surface area contributed by atoms with Gasteiger partial charge in [-0.2, -0.15) is 13.2 Å². The molecule has 1 N–H and O–H groups in total. The summed E-state index contributed by atoms with van der Waals surface area (Å²) in [5.41, 5.74) is 0. The van der Waals surface area contributed by atoms with E-state index in [-0.39, 0.29) is 18.2 Å². The van der Waals surface area contributed by atoms with E-state index in [4.69, 9.17) is 0 Å². The second kappa shape index (κ2) is 4.66. The van der Waals surface area contributed by atoms with E-state index in [1.165, 1.54) is 0 Å². The molecule has 82 valence electrons. The lowest BCUT2D eigenvalue weighted by Gasteiger charge is -2.14. The van der Waals surface area contributed by atoms with Crippen LogP contribution in [0.25, 0.3) is 0 Å². The van der Waals surface area contributed by atoms with Gasteiger partial charge in [0.2, 0.25) is 5.91 Å². The molecule has 0 radical (unpaired) electrons. The fourth-order valence-corrected chi connectivity index (χ4v) is 1.61. The van der Waals surface area contributed by atoms with Crippen molar-refractivity contribution >= 4 is 5.91 Å². The van der Waals surface area contributed by atoms with Gasteiger partial charge in [0.15, 0.2) is 0 Å². The Morgan fingerprint density at radius 1 is 1.43 bits per heavy atom. The van der Waals surface area contributed by atoms with E-state index in [2.05, 4.69) is 5.32 Å². The molecule has 1 saturated heterocycles. The van der Waals surface area contributed by atoms with Crippen molar-refractivity contribution < 1.29 is 18.0 Å². The van der Waals surface area contributed by atoms with Gasteiger partial charge < -0.3 is 5.32 Å². The molecule has 1 atom stereocenters. The smallest absolute Gasteiger partial charge is 0.356 e. The average Bonchev–Trinajstić information content (AvgIpc) is 2.25. The molecule has 1 heterocycles. The number of carbonyl (C=O) groups is 1. The van der Waals surface area contributed by atoms with E-state index in [0.717, 1.165) is 6.42 Å². The van der Waals surface area contributed by atoms with Gasteiger partial charge in [0.05, 0.1) is 0 Å². The van der Waals surface area contributed by atoms with Crippen LogP contribution in [0, 0.1) is 5.92 Å². The van der Waals surface area contributed by atoms with Crippen molar-refractivity contribution in [2.24, 2.45) is 5.92 Å². The van der Waals surface area contributed by atoms with E-state index >= 15 is 0 Å². The molecular weight excluding hydrogens is 195 g/mol. The Balaban J connectivity index is 2.27. The van der Waals surface area contributed by atoms with E-state index in [9.17, 15) is 18.0 Å². The van der Waals surface area contributed by atoms with Gasteiger partial charge in [-0.3, -0.25) is 4.79 Å². The minimum absolute atomic E-state index is 0.0110. The van der Waals surface area contributed by atoms with Crippen LogP contribution in [0.3, 0.4) is 0 Å². The second-order valence-electron chi connectivity index (χ2n) is 3.72. The van der Waals surface area contributed by atoms with Gasteiger partial charge in [0.1, 0.15) is 0 Å². The molecule has 1 aliphatic heterocycles. The van der Waals surface area contributed by atoms with Crippen molar-refractivity contribution in [2.45, 2.75) is 38.3 Å². The van der Waals surface area contributed by atoms with E-state index in [1.54, 1.807) is 0 Å². The van der Waals surface area contributed by atoms with Crippen LogP contribution in [0.5, 0.6) is 0 Å². The predicted octanol–water partition coefficient (Wildman–Crippen LogP) is 2.25. The van der Waals surface area contributed by atoms with Crippen LogP contribution >= 0.6 is 0 Å². The van der Waals surface area contributed by atoms with Gasteiger partial charge in [-0.1, -0.05) is 0 Å². The standard InChI is InChI=1S/C9H14F3NO/c10-9(11,12)5-4-7-2-1-3-8(14)13-6-7/h7H,1-6H2,(H,13,14). The van der Waals surface area contributed by atoms with Gasteiger partial charge in [-0.15, -0.1) is 0 Å². The van der Waals surface area contributed by atoms with Crippen molar-refractivity contribution in [3.63, 3.8) is 0 Å². The molecule has 1 unspecified atom stereocenters. The molecule has 14 heavy (non-hydrogen) atoms. The topological polar surface area (TPSA) is 29.1 Å². The van der Waals surface area contributed by atoms with Crippen molar-refractivity contribution in [3.8, 4) is 0 Å². The molecule has 0 aromatic heterocycles. The number of carbonyl (C=O) groups excluding carboxylic acids is 1. The summed E-state index contributed by atoms with van der Waals surface area (Å²) in [7, 11) is 0. The van der Waals surface area contributed by atoms with Crippen molar-refractivity contribution in [2.75, 3.05) is 6.54 Å². The molecule has 0 aliphatic carbocycles. The maximum Gasteiger partial charge on any atom is 0.389 e. The number of nitrogens with one attached hydrogen (secondary N) is 1. The fourth-order valence-electron chi connectivity index (χ4n) is 1.61. The molecule has 0 spiro atoms. The van der Waals surface area contributed by atoms with E-state index < -0.39 is 12.6 Å². The number of rotatable bonds is 2. The summed E-state index contributed by atoms with van der Waals surface area (Å²) in [4.78, 5) is 10.9. The highest BCUT2D eigenvalue weighted by Crippen LogP contribution is 2.26. The summed E-state index contributed by atoms with van der Waals surface area (Å²) < 4.78 is 35.7. The first-order valence-electron chi connectivity index (χ1n) is 4.81. The fraction of sp³-hybridized carbons (Fsp3) is 0.889. The number of hydrogen-bond acceptors (Lipinski definition) is 1. The van der Waals surface area contributed by atoms with Gasteiger partial charge in [0.25, 0.3) is 0 Å². The largest absolute Gasteiger partial charge is 0.389 e. The normalized spacial score (nSPS) is 24.2. The minimum atomic E-state index is -4.07. The number of alkyl halides is 3. The summed E-state index contributed by atoms with van der Waals surface area (Å²) in [5, 5.41) is 2.62. The van der Waals surface area contributed by atoms with Crippen LogP contribution in [0.2, 0.25) is 0 Å². The Morgan fingerprint density at radius 3 is 2.79 bits per heavy atom. The highest BCUT2D eigenvalue weighted by Gasteiger charge is 2.28. The Bertz CT molecular complexity index is 203. The lowest BCUT2D eigenvalue weighted by Crippen LogP contribution is -2.26. The average molecular weight is 209 g/mol. The number of amides is 1. The van der Waals surface area contributed by atoms with E-state index in [0.29, 0.717) is 19.4 Å². The summed E-state index contributed by atoms with van der Waals surface area (Å²) in [5.74, 6) is -0.0532. The Hall–Kier alpha value is -0.740. The lowest BCUT2D eigenvalue weighted by atomic mass is 9.98. The first-order valence-corrected chi connectivity index (χ1v) is 4.81. The summed E-state index contributed by atoms with van der Waals surface area (Å²) in [6, 6.07) is 0. The maximum atomic E-state index is 11.9. The molecule has 0 saturated carbocycles. The Kier molecular flexibility index (Phi) is 3.77. The van der Waals surface area contributed by atoms with Crippen LogP contribution in [0.4, 0.5) is 13.2 Å². The predicted molar refractivity (Wildman–Crippen MR) is 45.6 cm³/mol. The molecule has 2 nitrogen and oxygen atoms in total. The zero-order valence-corrected chi connectivity index (χ0v) is 7.86. The molecule has 0 aromatic carbocycles. The second-order valence-corrected chi connectivity index (χ2v) is 3.72.